The molecule has 42 heavy (non-hydrogen) atoms. The normalized spacial score (nSPS) is 15.0. The van der Waals surface area contributed by atoms with Gasteiger partial charge in [-0.2, -0.15) is 74.6 Å². The number of ether oxygens (including phenoxy) is 1. The highest BCUT2D eigenvalue weighted by atomic mass is 32.2. The summed E-state index contributed by atoms with van der Waals surface area (Å²) in [7, 11) is -7.45. The first-order chi connectivity index (χ1) is 18.5. The van der Waals surface area contributed by atoms with Crippen molar-refractivity contribution in [1.82, 2.24) is 10.0 Å². The summed E-state index contributed by atoms with van der Waals surface area (Å²) in [4.78, 5) is 11.4. The Kier molecular flexibility index (Phi) is 10.1. The third-order valence-corrected chi connectivity index (χ3v) is 6.45. The predicted octanol–water partition coefficient (Wildman–Crippen LogP) is 5.80. The number of sulfonamides is 1. The quantitative estimate of drug-likeness (QED) is 0.205. The number of rotatable bonds is 13. The number of hydrogen-bond donors (Lipinski definition) is 2. The first-order valence-electron chi connectivity index (χ1n) is 10.1. The number of alkyl halides is 17. The van der Waals surface area contributed by atoms with Gasteiger partial charge in [-0.15, -0.1) is 0 Å². The molecule has 0 heterocycles. The minimum Gasteiger partial charge on any atom is -0.445 e. The second kappa shape index (κ2) is 11.4. The van der Waals surface area contributed by atoms with Crippen molar-refractivity contribution in [3.63, 3.8) is 0 Å². The molecule has 0 aliphatic carbocycles. The van der Waals surface area contributed by atoms with E-state index in [9.17, 15) is 87.8 Å². The summed E-state index contributed by atoms with van der Waals surface area (Å²) in [6.07, 6.45) is -9.34. The molecule has 0 bridgehead atoms. The molecule has 0 unspecified atom stereocenters. The second-order valence-electron chi connectivity index (χ2n) is 7.85. The molecule has 0 spiro atoms. The minimum absolute atomic E-state index is 0.361. The highest BCUT2D eigenvalue weighted by Crippen LogP contribution is 2.64. The van der Waals surface area contributed by atoms with Gasteiger partial charge in [0.2, 0.25) is 0 Å². The average Bonchev–Trinajstić information content (AvgIpc) is 2.84. The van der Waals surface area contributed by atoms with Crippen LogP contribution in [0.5, 0.6) is 0 Å². The lowest BCUT2D eigenvalue weighted by Crippen LogP contribution is -2.75. The van der Waals surface area contributed by atoms with Crippen molar-refractivity contribution < 1.29 is 92.6 Å². The average molecular weight is 676 g/mol. The zero-order valence-corrected chi connectivity index (χ0v) is 20.3. The first-order valence-corrected chi connectivity index (χ1v) is 11.6. The second-order valence-corrected chi connectivity index (χ2v) is 9.66. The highest BCUT2D eigenvalue weighted by molar-refractivity contribution is 7.90. The van der Waals surface area contributed by atoms with Crippen molar-refractivity contribution in [1.29, 1.82) is 0 Å². The molecule has 244 valence electrons. The lowest BCUT2D eigenvalue weighted by molar-refractivity contribution is -0.458. The van der Waals surface area contributed by atoms with Gasteiger partial charge in [0, 0.05) is 13.1 Å². The molecule has 1 aromatic carbocycles. The summed E-state index contributed by atoms with van der Waals surface area (Å²) in [6.45, 7) is -3.30. The van der Waals surface area contributed by atoms with Gasteiger partial charge in [0.25, 0.3) is 10.0 Å². The molecular weight excluding hydrogens is 663 g/mol. The first kappa shape index (κ1) is 37.2. The molecule has 0 saturated heterocycles. The third kappa shape index (κ3) is 6.00. The number of benzene rings is 1. The molecule has 0 radical (unpaired) electrons. The fourth-order valence-corrected chi connectivity index (χ4v) is 3.55. The lowest BCUT2D eigenvalue weighted by atomic mass is 9.91. The van der Waals surface area contributed by atoms with E-state index in [4.69, 9.17) is 0 Å². The fraction of sp³-hybridized carbons (Fsp3) is 0.611. The topological polar surface area (TPSA) is 84.5 Å². The van der Waals surface area contributed by atoms with E-state index in [1.807, 2.05) is 0 Å². The summed E-state index contributed by atoms with van der Waals surface area (Å²) >= 11 is 0. The number of carbonyl (C=O) groups excluding carboxylic acids is 1. The molecule has 0 aliphatic heterocycles. The van der Waals surface area contributed by atoms with Crippen LogP contribution < -0.4 is 10.0 Å². The monoisotopic (exact) mass is 676 g/mol. The van der Waals surface area contributed by atoms with Crippen molar-refractivity contribution in [2.45, 2.75) is 53.6 Å². The zero-order chi connectivity index (χ0) is 33.4. The Morgan fingerprint density at radius 1 is 0.619 bits per heavy atom. The number of amides is 1. The molecule has 1 aromatic rings. The molecule has 1 rings (SSSR count). The Bertz CT molecular complexity index is 1200. The summed E-state index contributed by atoms with van der Waals surface area (Å²) < 4.78 is 253. The summed E-state index contributed by atoms with van der Waals surface area (Å²) in [5.74, 6) is -52.0. The maximum atomic E-state index is 13.9. The molecular formula is C18H13F17N2O4S. The molecule has 2 N–H and O–H groups in total. The summed E-state index contributed by atoms with van der Waals surface area (Å²) in [6, 6.07) is 7.40. The molecule has 24 heteroatoms. The standard InChI is InChI=1S/C18H13F17N2O4S/c19-11(20,13(23,24)15(27,28)17(31,32)33)12(21,22)14(25,26)16(29,30)18(34,35)42(39,40)37-7-6-36-10(38)41-8-9-4-2-1-3-5-9/h1-5,37H,6-8H2,(H,36,38). The van der Waals surface area contributed by atoms with E-state index in [0.29, 0.717) is 10.3 Å². The smallest absolute Gasteiger partial charge is 0.445 e. The molecule has 0 saturated carbocycles. The molecule has 0 fully saturated rings. The molecule has 0 aromatic heterocycles. The van der Waals surface area contributed by atoms with E-state index in [1.165, 1.54) is 24.3 Å². The third-order valence-electron chi connectivity index (χ3n) is 4.93. The SMILES string of the molecule is O=C(NCCNS(=O)(=O)C(F)(F)C(F)(F)C(F)(F)C(F)(F)C(F)(F)C(F)(F)C(F)(F)C(F)(F)F)OCc1ccccc1. The number of nitrogens with one attached hydrogen (secondary N) is 2. The van der Waals surface area contributed by atoms with Crippen LogP contribution in [0.4, 0.5) is 79.4 Å². The van der Waals surface area contributed by atoms with E-state index in [0.717, 1.165) is 0 Å². The van der Waals surface area contributed by atoms with Gasteiger partial charge in [-0.1, -0.05) is 30.3 Å². The van der Waals surface area contributed by atoms with E-state index in [1.54, 1.807) is 11.4 Å². The van der Waals surface area contributed by atoms with Crippen LogP contribution in [0.15, 0.2) is 30.3 Å². The molecule has 0 atom stereocenters. The Balaban J connectivity index is 3.17. The van der Waals surface area contributed by atoms with Gasteiger partial charge in [0.15, 0.2) is 0 Å². The van der Waals surface area contributed by atoms with Gasteiger partial charge in [0.1, 0.15) is 6.61 Å². The van der Waals surface area contributed by atoms with Crippen LogP contribution in [0, 0.1) is 0 Å². The number of hydrogen-bond acceptors (Lipinski definition) is 4. The van der Waals surface area contributed by atoms with E-state index >= 15 is 0 Å². The van der Waals surface area contributed by atoms with Gasteiger partial charge in [-0.3, -0.25) is 0 Å². The number of carbonyl (C=O) groups is 1. The van der Waals surface area contributed by atoms with Crippen LogP contribution in [0.25, 0.3) is 0 Å². The van der Waals surface area contributed by atoms with Gasteiger partial charge < -0.3 is 10.1 Å². The van der Waals surface area contributed by atoms with Gasteiger partial charge in [-0.25, -0.2) is 17.9 Å². The maximum Gasteiger partial charge on any atom is 0.460 e. The Hall–Kier alpha value is -2.79. The van der Waals surface area contributed by atoms with Crippen LogP contribution in [0.1, 0.15) is 5.56 Å². The Labute approximate surface area is 222 Å². The maximum absolute atomic E-state index is 13.9. The van der Waals surface area contributed by atoms with Gasteiger partial charge in [0.05, 0.1) is 0 Å². The van der Waals surface area contributed by atoms with Crippen LogP contribution >= 0.6 is 0 Å². The molecule has 1 amide bonds. The van der Waals surface area contributed by atoms with Crippen LogP contribution in [-0.4, -0.2) is 74.6 Å². The Morgan fingerprint density at radius 3 is 1.45 bits per heavy atom. The minimum atomic E-state index is -8.91. The van der Waals surface area contributed by atoms with E-state index in [-0.39, 0.29) is 0 Å². The number of halogens is 17. The largest absolute Gasteiger partial charge is 0.460 e. The zero-order valence-electron chi connectivity index (χ0n) is 19.5. The van der Waals surface area contributed by atoms with Crippen molar-refractivity contribution in [2.75, 3.05) is 13.1 Å². The number of alkyl carbamates (subject to hydrolysis) is 1. The van der Waals surface area contributed by atoms with Crippen molar-refractivity contribution in [3.8, 4) is 0 Å². The van der Waals surface area contributed by atoms with E-state index in [2.05, 4.69) is 4.74 Å². The van der Waals surface area contributed by atoms with Crippen LogP contribution in [-0.2, 0) is 21.4 Å². The molecule has 6 nitrogen and oxygen atoms in total. The van der Waals surface area contributed by atoms with Crippen LogP contribution in [0.3, 0.4) is 0 Å². The molecule has 0 aliphatic rings. The predicted molar refractivity (Wildman–Crippen MR) is 102 cm³/mol. The fourth-order valence-electron chi connectivity index (χ4n) is 2.53. The van der Waals surface area contributed by atoms with Crippen molar-refractivity contribution in [2.24, 2.45) is 0 Å². The van der Waals surface area contributed by atoms with Crippen molar-refractivity contribution in [3.05, 3.63) is 35.9 Å². The van der Waals surface area contributed by atoms with E-state index < -0.39 is 82.8 Å². The Morgan fingerprint density at radius 2 is 1.02 bits per heavy atom. The van der Waals surface area contributed by atoms with Crippen molar-refractivity contribution >= 4 is 16.1 Å². The lowest BCUT2D eigenvalue weighted by Gasteiger charge is -2.42. The summed E-state index contributed by atoms with van der Waals surface area (Å²) in [5.41, 5.74) is 0.374. The van der Waals surface area contributed by atoms with Crippen LogP contribution in [0.2, 0.25) is 0 Å². The van der Waals surface area contributed by atoms with Gasteiger partial charge in [-0.05, 0) is 5.56 Å². The highest BCUT2D eigenvalue weighted by Gasteiger charge is 2.96. The summed E-state index contributed by atoms with van der Waals surface area (Å²) in [5, 5.41) is -6.08. The van der Waals surface area contributed by atoms with Gasteiger partial charge >= 0.3 is 53.1 Å².